The summed E-state index contributed by atoms with van der Waals surface area (Å²) < 4.78 is 13.1. The summed E-state index contributed by atoms with van der Waals surface area (Å²) >= 11 is 0. The van der Waals surface area contributed by atoms with Crippen LogP contribution in [0.3, 0.4) is 0 Å². The molecule has 0 spiro atoms. The van der Waals surface area contributed by atoms with Crippen LogP contribution in [-0.2, 0) is 0 Å². The maximum atomic E-state index is 13.1. The Balaban J connectivity index is 2.14. The van der Waals surface area contributed by atoms with Gasteiger partial charge in [0.15, 0.2) is 5.82 Å². The number of para-hydroxylation sites is 1. The maximum absolute atomic E-state index is 13.1. The van der Waals surface area contributed by atoms with Crippen LogP contribution in [0.25, 0.3) is 10.9 Å². The first kappa shape index (κ1) is 17.2. The van der Waals surface area contributed by atoms with Crippen LogP contribution in [-0.4, -0.2) is 21.6 Å². The summed E-state index contributed by atoms with van der Waals surface area (Å²) in [5.74, 6) is -0.486. The normalized spacial score (nSPS) is 12.4. The second-order valence-electron chi connectivity index (χ2n) is 5.65. The number of fused-ring (bicyclic) bond motifs is 1. The van der Waals surface area contributed by atoms with Gasteiger partial charge in [-0.3, -0.25) is 4.79 Å². The van der Waals surface area contributed by atoms with Gasteiger partial charge in [-0.15, -0.1) is 0 Å². The van der Waals surface area contributed by atoms with E-state index in [9.17, 15) is 9.18 Å². The second kappa shape index (κ2) is 7.10. The van der Waals surface area contributed by atoms with E-state index in [0.29, 0.717) is 16.6 Å². The highest BCUT2D eigenvalue weighted by Gasteiger charge is 2.16. The minimum absolute atomic E-state index is 0.0460. The van der Waals surface area contributed by atoms with E-state index in [1.54, 1.807) is 25.1 Å². The van der Waals surface area contributed by atoms with Crippen molar-refractivity contribution in [1.29, 1.82) is 0 Å². The highest BCUT2D eigenvalue weighted by molar-refractivity contribution is 6.08. The Kier molecular flexibility index (Phi) is 4.70. The predicted octanol–water partition coefficient (Wildman–Crippen LogP) is 2.85. The van der Waals surface area contributed by atoms with Crippen molar-refractivity contribution in [2.45, 2.75) is 6.92 Å². The number of nitrogens with zero attached hydrogens (tertiary/aromatic N) is 3. The molecule has 0 saturated carbocycles. The van der Waals surface area contributed by atoms with Crippen LogP contribution < -0.4 is 11.5 Å². The SMILES string of the molecule is C/C(N)=C/C(N)=Nc1nc(C(=O)c2ccc(F)cc2)nc2ccccc12. The molecule has 3 aromatic rings. The number of halogens is 1. The number of nitrogens with two attached hydrogens (primary N) is 2. The van der Waals surface area contributed by atoms with E-state index >= 15 is 0 Å². The van der Waals surface area contributed by atoms with E-state index in [4.69, 9.17) is 11.5 Å². The lowest BCUT2D eigenvalue weighted by Gasteiger charge is -2.06. The molecule has 4 N–H and O–H groups in total. The molecule has 26 heavy (non-hydrogen) atoms. The molecule has 0 fully saturated rings. The van der Waals surface area contributed by atoms with Gasteiger partial charge in [-0.1, -0.05) is 12.1 Å². The van der Waals surface area contributed by atoms with Gasteiger partial charge in [0.1, 0.15) is 11.7 Å². The number of aliphatic imine (C=N–C) groups is 1. The van der Waals surface area contributed by atoms with Crippen LogP contribution in [0.1, 0.15) is 23.1 Å². The Hall–Kier alpha value is -3.61. The average Bonchev–Trinajstić information content (AvgIpc) is 2.61. The smallest absolute Gasteiger partial charge is 0.230 e. The average molecular weight is 349 g/mol. The number of benzene rings is 2. The van der Waals surface area contributed by atoms with E-state index in [1.165, 1.54) is 30.3 Å². The van der Waals surface area contributed by atoms with Gasteiger partial charge < -0.3 is 11.5 Å². The van der Waals surface area contributed by atoms with E-state index in [2.05, 4.69) is 15.0 Å². The lowest BCUT2D eigenvalue weighted by molar-refractivity contribution is 0.103. The first-order valence-corrected chi connectivity index (χ1v) is 7.79. The van der Waals surface area contributed by atoms with Crippen LogP contribution in [0.2, 0.25) is 0 Å². The molecule has 130 valence electrons. The molecular formula is C19H16FN5O. The first-order valence-electron chi connectivity index (χ1n) is 7.79. The summed E-state index contributed by atoms with van der Waals surface area (Å²) in [4.78, 5) is 25.5. The minimum atomic E-state index is -0.434. The van der Waals surface area contributed by atoms with E-state index in [-0.39, 0.29) is 23.0 Å². The molecule has 0 aliphatic carbocycles. The summed E-state index contributed by atoms with van der Waals surface area (Å²) in [6.45, 7) is 1.68. The maximum Gasteiger partial charge on any atom is 0.230 e. The Morgan fingerprint density at radius 2 is 1.77 bits per heavy atom. The number of allylic oxidation sites excluding steroid dienone is 1. The van der Waals surface area contributed by atoms with Gasteiger partial charge in [-0.2, -0.15) is 0 Å². The first-order chi connectivity index (χ1) is 12.4. The molecule has 0 saturated heterocycles. The van der Waals surface area contributed by atoms with Crippen molar-refractivity contribution >= 4 is 28.3 Å². The molecule has 0 unspecified atom stereocenters. The molecular weight excluding hydrogens is 333 g/mol. The molecule has 0 atom stereocenters. The zero-order valence-corrected chi connectivity index (χ0v) is 14.0. The van der Waals surface area contributed by atoms with Crippen molar-refractivity contribution in [3.05, 3.63) is 77.5 Å². The lowest BCUT2D eigenvalue weighted by Crippen LogP contribution is -2.11. The third-order valence-corrected chi connectivity index (χ3v) is 3.50. The summed E-state index contributed by atoms with van der Waals surface area (Å²) in [6.07, 6.45) is 1.50. The van der Waals surface area contributed by atoms with Crippen molar-refractivity contribution in [2.75, 3.05) is 0 Å². The molecule has 0 bridgehead atoms. The molecule has 7 heteroatoms. The zero-order chi connectivity index (χ0) is 18.7. The summed E-state index contributed by atoms with van der Waals surface area (Å²) in [5, 5.41) is 0.647. The summed E-state index contributed by atoms with van der Waals surface area (Å²) in [5.41, 5.74) is 12.8. The van der Waals surface area contributed by atoms with E-state index in [1.807, 2.05) is 6.07 Å². The Morgan fingerprint density at radius 3 is 2.46 bits per heavy atom. The molecule has 0 aliphatic heterocycles. The summed E-state index contributed by atoms with van der Waals surface area (Å²) in [7, 11) is 0. The van der Waals surface area contributed by atoms with E-state index in [0.717, 1.165) is 0 Å². The monoisotopic (exact) mass is 349 g/mol. The molecule has 0 radical (unpaired) electrons. The third-order valence-electron chi connectivity index (χ3n) is 3.50. The van der Waals surface area contributed by atoms with Gasteiger partial charge in [0.05, 0.1) is 5.52 Å². The molecule has 0 aliphatic rings. The zero-order valence-electron chi connectivity index (χ0n) is 14.0. The second-order valence-corrected chi connectivity index (χ2v) is 5.65. The quantitative estimate of drug-likeness (QED) is 0.428. The van der Waals surface area contributed by atoms with Gasteiger partial charge in [-0.25, -0.2) is 19.4 Å². The number of rotatable bonds is 4. The van der Waals surface area contributed by atoms with Gasteiger partial charge in [0, 0.05) is 16.6 Å². The fourth-order valence-electron chi connectivity index (χ4n) is 2.36. The predicted molar refractivity (Wildman–Crippen MR) is 98.6 cm³/mol. The fourth-order valence-corrected chi connectivity index (χ4v) is 2.36. The lowest BCUT2D eigenvalue weighted by atomic mass is 10.1. The molecule has 3 rings (SSSR count). The van der Waals surface area contributed by atoms with Crippen molar-refractivity contribution < 1.29 is 9.18 Å². The number of carbonyl (C=O) groups excluding carboxylic acids is 1. The molecule has 6 nitrogen and oxygen atoms in total. The summed E-state index contributed by atoms with van der Waals surface area (Å²) in [6, 6.07) is 12.3. The highest BCUT2D eigenvalue weighted by Crippen LogP contribution is 2.23. The van der Waals surface area contributed by atoms with Gasteiger partial charge >= 0.3 is 0 Å². The number of hydrogen-bond acceptors (Lipinski definition) is 5. The largest absolute Gasteiger partial charge is 0.402 e. The number of hydrogen-bond donors (Lipinski definition) is 2. The molecule has 2 aromatic carbocycles. The van der Waals surface area contributed by atoms with Crippen LogP contribution in [0.15, 0.2) is 65.3 Å². The van der Waals surface area contributed by atoms with Gasteiger partial charge in [0.2, 0.25) is 11.6 Å². The van der Waals surface area contributed by atoms with Crippen LogP contribution in [0.5, 0.6) is 0 Å². The minimum Gasteiger partial charge on any atom is -0.402 e. The number of carbonyl (C=O) groups is 1. The fraction of sp³-hybridized carbons (Fsp3) is 0.0526. The van der Waals surface area contributed by atoms with Crippen molar-refractivity contribution in [3.63, 3.8) is 0 Å². The topological polar surface area (TPSA) is 107 Å². The van der Waals surface area contributed by atoms with Crippen LogP contribution >= 0.6 is 0 Å². The molecule has 0 amide bonds. The van der Waals surface area contributed by atoms with Gasteiger partial charge in [-0.05, 0) is 49.4 Å². The number of amidine groups is 1. The third kappa shape index (κ3) is 3.72. The highest BCUT2D eigenvalue weighted by atomic mass is 19.1. The van der Waals surface area contributed by atoms with Crippen LogP contribution in [0, 0.1) is 5.82 Å². The Labute approximate surface area is 149 Å². The number of aromatic nitrogens is 2. The standard InChI is InChI=1S/C19H16FN5O/c1-11(21)10-16(22)24-18-14-4-2-3-5-15(14)23-19(25-18)17(26)12-6-8-13(20)9-7-12/h2-10H,21H2,1H3,(H2,22,23,24,25)/b11-10-. The number of ketones is 1. The van der Waals surface area contributed by atoms with Crippen LogP contribution in [0.4, 0.5) is 10.2 Å². The molecule has 1 heterocycles. The van der Waals surface area contributed by atoms with E-state index < -0.39 is 11.6 Å². The Morgan fingerprint density at radius 1 is 1.08 bits per heavy atom. The van der Waals surface area contributed by atoms with Crippen molar-refractivity contribution in [2.24, 2.45) is 16.5 Å². The molecule has 1 aromatic heterocycles. The van der Waals surface area contributed by atoms with Crippen molar-refractivity contribution in [1.82, 2.24) is 9.97 Å². The Bertz CT molecular complexity index is 1040. The van der Waals surface area contributed by atoms with Gasteiger partial charge in [0.25, 0.3) is 0 Å². The van der Waals surface area contributed by atoms with Crippen molar-refractivity contribution in [3.8, 4) is 0 Å².